The van der Waals surface area contributed by atoms with Crippen molar-refractivity contribution in [1.82, 2.24) is 15.5 Å². The SMILES string of the molecule is CCOC(=O)CCNC(=O)C(c1ccc(C)cc1C)N(CC#N)C(=O)C(CS)NC(=O)OC(C)(C)C. The Labute approximate surface area is 218 Å². The molecule has 0 spiro atoms. The molecule has 1 rings (SSSR count). The number of amides is 3. The average Bonchev–Trinajstić information content (AvgIpc) is 2.77. The van der Waals surface area contributed by atoms with Crippen LogP contribution in [0.1, 0.15) is 56.8 Å². The normalized spacial score (nSPS) is 12.5. The molecule has 1 aromatic rings. The molecule has 2 atom stereocenters. The van der Waals surface area contributed by atoms with Crippen LogP contribution >= 0.6 is 12.6 Å². The highest BCUT2D eigenvalue weighted by Gasteiger charge is 2.36. The number of thiol groups is 1. The van der Waals surface area contributed by atoms with E-state index in [-0.39, 0.29) is 25.3 Å². The molecule has 0 aliphatic heterocycles. The molecule has 36 heavy (non-hydrogen) atoms. The Bertz CT molecular complexity index is 986. The first-order valence-corrected chi connectivity index (χ1v) is 12.3. The molecule has 3 amide bonds. The first-order chi connectivity index (χ1) is 16.8. The third-order valence-corrected chi connectivity index (χ3v) is 5.27. The summed E-state index contributed by atoms with van der Waals surface area (Å²) in [6.45, 7) is 10.2. The van der Waals surface area contributed by atoms with Crippen LogP contribution in [0.2, 0.25) is 0 Å². The number of ether oxygens (including phenoxy) is 2. The number of hydrogen-bond donors (Lipinski definition) is 3. The molecule has 0 saturated carbocycles. The van der Waals surface area contributed by atoms with Gasteiger partial charge in [0.1, 0.15) is 24.2 Å². The summed E-state index contributed by atoms with van der Waals surface area (Å²) in [5.74, 6) is -1.82. The summed E-state index contributed by atoms with van der Waals surface area (Å²) in [5.41, 5.74) is 1.41. The Kier molecular flexibility index (Phi) is 12.3. The molecule has 0 saturated heterocycles. The molecule has 0 radical (unpaired) electrons. The van der Waals surface area contributed by atoms with Gasteiger partial charge in [-0.05, 0) is 52.7 Å². The number of rotatable bonds is 11. The Balaban J connectivity index is 3.33. The van der Waals surface area contributed by atoms with Crippen LogP contribution in [-0.4, -0.2) is 65.9 Å². The van der Waals surface area contributed by atoms with Crippen molar-refractivity contribution >= 4 is 36.5 Å². The fourth-order valence-corrected chi connectivity index (χ4v) is 3.66. The molecule has 198 valence electrons. The van der Waals surface area contributed by atoms with Crippen molar-refractivity contribution in [2.24, 2.45) is 0 Å². The maximum atomic E-state index is 13.5. The van der Waals surface area contributed by atoms with Gasteiger partial charge in [-0.15, -0.1) is 0 Å². The number of carbonyl (C=O) groups is 4. The Morgan fingerprint density at radius 3 is 2.39 bits per heavy atom. The van der Waals surface area contributed by atoms with Gasteiger partial charge in [-0.3, -0.25) is 14.4 Å². The molecule has 2 unspecified atom stereocenters. The van der Waals surface area contributed by atoms with Gasteiger partial charge in [0.25, 0.3) is 0 Å². The molecule has 0 aliphatic rings. The van der Waals surface area contributed by atoms with Crippen molar-refractivity contribution in [3.05, 3.63) is 34.9 Å². The van der Waals surface area contributed by atoms with Crippen molar-refractivity contribution in [1.29, 1.82) is 5.26 Å². The van der Waals surface area contributed by atoms with Crippen molar-refractivity contribution in [3.8, 4) is 6.07 Å². The highest BCUT2D eigenvalue weighted by atomic mass is 32.1. The molecule has 2 N–H and O–H groups in total. The minimum atomic E-state index is -1.19. The first-order valence-electron chi connectivity index (χ1n) is 11.6. The van der Waals surface area contributed by atoms with Gasteiger partial charge in [0.2, 0.25) is 11.8 Å². The smallest absolute Gasteiger partial charge is 0.408 e. The molecule has 1 aromatic carbocycles. The van der Waals surface area contributed by atoms with Crippen molar-refractivity contribution < 1.29 is 28.7 Å². The van der Waals surface area contributed by atoms with Crippen molar-refractivity contribution in [3.63, 3.8) is 0 Å². The largest absolute Gasteiger partial charge is 0.466 e. The quantitative estimate of drug-likeness (QED) is 0.232. The second-order valence-electron chi connectivity index (χ2n) is 9.11. The lowest BCUT2D eigenvalue weighted by molar-refractivity contribution is -0.144. The lowest BCUT2D eigenvalue weighted by Crippen LogP contribution is -2.54. The number of nitriles is 1. The van der Waals surface area contributed by atoms with Gasteiger partial charge in [0.05, 0.1) is 19.1 Å². The third-order valence-electron chi connectivity index (χ3n) is 4.91. The number of aryl methyl sites for hydroxylation is 2. The van der Waals surface area contributed by atoms with E-state index < -0.39 is 48.1 Å². The molecule has 0 bridgehead atoms. The zero-order chi connectivity index (χ0) is 27.5. The standard InChI is InChI=1S/C25H36N4O6S/c1-7-34-20(30)10-12-27-22(31)21(18-9-8-16(2)14-17(18)3)29(13-11-26)23(32)19(15-36)28-24(33)35-25(4,5)6/h8-9,14,19,21,36H,7,10,12-13,15H2,1-6H3,(H,27,31)(H,28,33). The monoisotopic (exact) mass is 520 g/mol. The molecule has 0 aliphatic carbocycles. The van der Waals surface area contributed by atoms with E-state index in [1.807, 2.05) is 19.1 Å². The van der Waals surface area contributed by atoms with E-state index in [2.05, 4.69) is 23.3 Å². The van der Waals surface area contributed by atoms with Crippen LogP contribution < -0.4 is 10.6 Å². The molecule has 0 aromatic heterocycles. The third kappa shape index (κ3) is 9.77. The van der Waals surface area contributed by atoms with E-state index in [4.69, 9.17) is 9.47 Å². The van der Waals surface area contributed by atoms with Gasteiger partial charge in [-0.1, -0.05) is 23.8 Å². The Morgan fingerprint density at radius 1 is 1.19 bits per heavy atom. The van der Waals surface area contributed by atoms with Gasteiger partial charge in [-0.25, -0.2) is 4.79 Å². The highest BCUT2D eigenvalue weighted by molar-refractivity contribution is 7.80. The van der Waals surface area contributed by atoms with Crippen LogP contribution in [0.4, 0.5) is 4.79 Å². The topological polar surface area (TPSA) is 138 Å². The van der Waals surface area contributed by atoms with Crippen LogP contribution in [0.5, 0.6) is 0 Å². The Morgan fingerprint density at radius 2 is 1.86 bits per heavy atom. The van der Waals surface area contributed by atoms with Crippen LogP contribution in [0, 0.1) is 25.2 Å². The van der Waals surface area contributed by atoms with Crippen LogP contribution in [0.15, 0.2) is 18.2 Å². The van der Waals surface area contributed by atoms with E-state index >= 15 is 0 Å². The van der Waals surface area contributed by atoms with E-state index in [9.17, 15) is 24.4 Å². The van der Waals surface area contributed by atoms with E-state index in [1.54, 1.807) is 46.8 Å². The van der Waals surface area contributed by atoms with Crippen LogP contribution in [0.3, 0.4) is 0 Å². The lowest BCUT2D eigenvalue weighted by atomic mass is 9.96. The van der Waals surface area contributed by atoms with Crippen LogP contribution in [0.25, 0.3) is 0 Å². The number of esters is 1. The van der Waals surface area contributed by atoms with Crippen LogP contribution in [-0.2, 0) is 23.9 Å². The molecule has 0 heterocycles. The van der Waals surface area contributed by atoms with Gasteiger partial charge >= 0.3 is 12.1 Å². The van der Waals surface area contributed by atoms with Crippen molar-refractivity contribution in [2.75, 3.05) is 25.4 Å². The molecular weight excluding hydrogens is 484 g/mol. The van der Waals surface area contributed by atoms with Gasteiger partial charge in [0, 0.05) is 12.3 Å². The van der Waals surface area contributed by atoms with Gasteiger partial charge < -0.3 is 25.0 Å². The summed E-state index contributed by atoms with van der Waals surface area (Å²) >= 11 is 4.19. The van der Waals surface area contributed by atoms with Gasteiger partial charge in [0.15, 0.2) is 0 Å². The fraction of sp³-hybridized carbons (Fsp3) is 0.560. The number of carbonyl (C=O) groups excluding carboxylic acids is 4. The second kappa shape index (κ2) is 14.3. The lowest BCUT2D eigenvalue weighted by Gasteiger charge is -2.33. The average molecular weight is 521 g/mol. The summed E-state index contributed by atoms with van der Waals surface area (Å²) in [7, 11) is 0. The zero-order valence-electron chi connectivity index (χ0n) is 21.7. The fourth-order valence-electron chi connectivity index (χ4n) is 3.41. The van der Waals surface area contributed by atoms with Crippen molar-refractivity contribution in [2.45, 2.75) is 65.6 Å². The number of nitrogens with one attached hydrogen (secondary N) is 2. The summed E-state index contributed by atoms with van der Waals surface area (Å²) in [5, 5.41) is 14.6. The predicted octanol–water partition coefficient (Wildman–Crippen LogP) is 2.59. The maximum absolute atomic E-state index is 13.5. The minimum absolute atomic E-state index is 0.0141. The molecule has 10 nitrogen and oxygen atoms in total. The minimum Gasteiger partial charge on any atom is -0.466 e. The molecule has 11 heteroatoms. The van der Waals surface area contributed by atoms with E-state index in [1.165, 1.54) is 0 Å². The number of alkyl carbamates (subject to hydrolysis) is 1. The number of hydrogen-bond acceptors (Lipinski definition) is 8. The second-order valence-corrected chi connectivity index (χ2v) is 9.48. The summed E-state index contributed by atoms with van der Waals surface area (Å²) in [6.07, 6.45) is -0.876. The summed E-state index contributed by atoms with van der Waals surface area (Å²) < 4.78 is 10.1. The van der Waals surface area contributed by atoms with Gasteiger partial charge in [-0.2, -0.15) is 17.9 Å². The summed E-state index contributed by atoms with van der Waals surface area (Å²) in [4.78, 5) is 52.0. The summed E-state index contributed by atoms with van der Waals surface area (Å²) in [6, 6.07) is 4.95. The zero-order valence-corrected chi connectivity index (χ0v) is 22.6. The highest BCUT2D eigenvalue weighted by Crippen LogP contribution is 2.26. The van der Waals surface area contributed by atoms with E-state index in [0.29, 0.717) is 5.56 Å². The number of benzene rings is 1. The number of nitrogens with zero attached hydrogens (tertiary/aromatic N) is 2. The first kappa shape index (κ1) is 30.8. The maximum Gasteiger partial charge on any atom is 0.408 e. The predicted molar refractivity (Wildman–Crippen MR) is 137 cm³/mol. The van der Waals surface area contributed by atoms with E-state index in [0.717, 1.165) is 16.0 Å². The molecule has 0 fully saturated rings. The molecular formula is C25H36N4O6S. The Hall–Kier alpha value is -3.26.